The van der Waals surface area contributed by atoms with Gasteiger partial charge in [0.2, 0.25) is 0 Å². The molecule has 4 heterocycles. The molecule has 35 heavy (non-hydrogen) atoms. The van der Waals surface area contributed by atoms with E-state index in [0.717, 1.165) is 10.9 Å². The molecule has 5 aromatic rings. The summed E-state index contributed by atoms with van der Waals surface area (Å²) in [4.78, 5) is 53.4. The first-order valence-corrected chi connectivity index (χ1v) is 12.0. The summed E-state index contributed by atoms with van der Waals surface area (Å²) < 4.78 is 3.15. The fourth-order valence-corrected chi connectivity index (χ4v) is 4.29. The number of carbonyl (C=O) groups excluding carboxylic acids is 1. The zero-order valence-corrected chi connectivity index (χ0v) is 20.6. The molecule has 0 saturated carbocycles. The predicted octanol–water partition coefficient (Wildman–Crippen LogP) is 3.85. The largest absolute Gasteiger partial charge is 0.352 e. The Morgan fingerprint density at radius 1 is 1.11 bits per heavy atom. The molecule has 0 aliphatic rings. The fourth-order valence-electron chi connectivity index (χ4n) is 3.96. The van der Waals surface area contributed by atoms with E-state index >= 15 is 0 Å². The minimum absolute atomic E-state index is 0.286. The second kappa shape index (κ2) is 8.35. The Hall–Kier alpha value is -3.99. The van der Waals surface area contributed by atoms with Crippen LogP contribution in [-0.2, 0) is 15.1 Å². The van der Waals surface area contributed by atoms with Crippen molar-refractivity contribution in [3.63, 3.8) is 0 Å². The summed E-state index contributed by atoms with van der Waals surface area (Å²) in [6.45, 7) is 7.38. The third kappa shape index (κ3) is 3.87. The van der Waals surface area contributed by atoms with Crippen LogP contribution in [0.15, 0.2) is 52.7 Å². The number of nitrogens with zero attached hydrogens (tertiary/aromatic N) is 6. The van der Waals surface area contributed by atoms with E-state index in [4.69, 9.17) is 14.8 Å². The second-order valence-corrected chi connectivity index (χ2v) is 9.69. The Labute approximate surface area is 203 Å². The Bertz CT molecular complexity index is 1670. The molecule has 0 amide bonds. The monoisotopic (exact) mass is 490 g/mol. The Morgan fingerprint density at radius 2 is 1.91 bits per heavy atom. The van der Waals surface area contributed by atoms with Gasteiger partial charge in [0.25, 0.3) is 5.56 Å². The van der Waals surface area contributed by atoms with E-state index in [-0.39, 0.29) is 16.4 Å². The highest BCUT2D eigenvalue weighted by molar-refractivity contribution is 7.98. The van der Waals surface area contributed by atoms with Crippen molar-refractivity contribution in [2.24, 2.45) is 0 Å². The number of benzene rings is 1. The van der Waals surface area contributed by atoms with Crippen molar-refractivity contribution in [2.75, 3.05) is 6.26 Å². The van der Waals surface area contributed by atoms with E-state index in [2.05, 4.69) is 15.0 Å². The SMILES string of the molecule is CSc1ncc2c(=O)n3c(nc2n1)c1c(C(C)(C)C)cc(OOC(C)=O)cc1n3-c1ccccn1. The molecule has 10 nitrogen and oxygen atoms in total. The number of fused-ring (bicyclic) bond motifs is 4. The summed E-state index contributed by atoms with van der Waals surface area (Å²) in [5.74, 6) is 0.224. The van der Waals surface area contributed by atoms with Gasteiger partial charge in [0, 0.05) is 30.8 Å². The number of rotatable bonds is 4. The molecule has 0 fully saturated rings. The normalized spacial score (nSPS) is 11.9. The summed E-state index contributed by atoms with van der Waals surface area (Å²) in [5.41, 5.74) is 1.48. The maximum Gasteiger partial charge on any atom is 0.352 e. The highest BCUT2D eigenvalue weighted by atomic mass is 32.2. The van der Waals surface area contributed by atoms with Gasteiger partial charge in [-0.15, -0.1) is 0 Å². The van der Waals surface area contributed by atoms with Crippen LogP contribution in [0.1, 0.15) is 33.3 Å². The van der Waals surface area contributed by atoms with E-state index in [0.29, 0.717) is 33.5 Å². The lowest BCUT2D eigenvalue weighted by atomic mass is 9.84. The van der Waals surface area contributed by atoms with Gasteiger partial charge in [0.1, 0.15) is 5.39 Å². The molecule has 0 aliphatic heterocycles. The predicted molar refractivity (Wildman–Crippen MR) is 132 cm³/mol. The number of hydrogen-bond donors (Lipinski definition) is 0. The zero-order chi connectivity index (χ0) is 24.9. The van der Waals surface area contributed by atoms with Crippen molar-refractivity contribution < 1.29 is 14.6 Å². The maximum absolute atomic E-state index is 13.8. The average molecular weight is 491 g/mol. The van der Waals surface area contributed by atoms with Gasteiger partial charge in [-0.25, -0.2) is 29.4 Å². The van der Waals surface area contributed by atoms with Crippen LogP contribution >= 0.6 is 11.8 Å². The molecule has 178 valence electrons. The van der Waals surface area contributed by atoms with Crippen LogP contribution in [0.5, 0.6) is 5.75 Å². The van der Waals surface area contributed by atoms with Gasteiger partial charge in [-0.2, -0.15) is 4.52 Å². The van der Waals surface area contributed by atoms with Crippen LogP contribution < -0.4 is 10.4 Å². The highest BCUT2D eigenvalue weighted by Gasteiger charge is 2.27. The molecule has 11 heteroatoms. The quantitative estimate of drug-likeness (QED) is 0.160. The van der Waals surface area contributed by atoms with Crippen molar-refractivity contribution in [1.29, 1.82) is 0 Å². The van der Waals surface area contributed by atoms with E-state index < -0.39 is 5.97 Å². The summed E-state index contributed by atoms with van der Waals surface area (Å²) in [6, 6.07) is 8.90. The van der Waals surface area contributed by atoms with Gasteiger partial charge >= 0.3 is 5.97 Å². The van der Waals surface area contributed by atoms with Crippen molar-refractivity contribution in [3.05, 3.63) is 58.6 Å². The van der Waals surface area contributed by atoms with Gasteiger partial charge in [-0.3, -0.25) is 14.6 Å². The maximum atomic E-state index is 13.8. The van der Waals surface area contributed by atoms with E-state index in [9.17, 15) is 9.59 Å². The molecule has 0 unspecified atom stereocenters. The zero-order valence-electron chi connectivity index (χ0n) is 19.8. The lowest BCUT2D eigenvalue weighted by Crippen LogP contribution is -2.22. The Kier molecular flexibility index (Phi) is 5.43. The van der Waals surface area contributed by atoms with E-state index in [1.807, 2.05) is 33.1 Å². The van der Waals surface area contributed by atoms with Gasteiger partial charge < -0.3 is 0 Å². The van der Waals surface area contributed by atoms with E-state index in [1.54, 1.807) is 35.1 Å². The van der Waals surface area contributed by atoms with Crippen molar-refractivity contribution in [1.82, 2.24) is 29.1 Å². The molecule has 0 saturated heterocycles. The lowest BCUT2D eigenvalue weighted by molar-refractivity contribution is -0.210. The van der Waals surface area contributed by atoms with Crippen molar-refractivity contribution >= 4 is 45.3 Å². The molecule has 0 atom stereocenters. The molecular weight excluding hydrogens is 468 g/mol. The topological polar surface area (TPSA) is 114 Å². The number of pyridine rings is 1. The number of hydrogen-bond acceptors (Lipinski definition) is 9. The lowest BCUT2D eigenvalue weighted by Gasteiger charge is -2.21. The van der Waals surface area contributed by atoms with E-state index in [1.165, 1.54) is 29.4 Å². The van der Waals surface area contributed by atoms with Crippen LogP contribution in [-0.4, -0.2) is 41.4 Å². The van der Waals surface area contributed by atoms with Crippen LogP contribution in [0, 0.1) is 0 Å². The molecule has 0 aliphatic carbocycles. The number of thioether (sulfide) groups is 1. The molecule has 0 radical (unpaired) electrons. The average Bonchev–Trinajstić information content (AvgIpc) is 3.16. The van der Waals surface area contributed by atoms with Crippen LogP contribution in [0.4, 0.5) is 0 Å². The molecule has 1 aromatic carbocycles. The van der Waals surface area contributed by atoms with Crippen molar-refractivity contribution in [3.8, 4) is 11.6 Å². The van der Waals surface area contributed by atoms with Crippen LogP contribution in [0.2, 0.25) is 0 Å². The number of carbonyl (C=O) groups is 1. The number of aromatic nitrogens is 6. The first-order chi connectivity index (χ1) is 16.7. The molecule has 4 aromatic heterocycles. The summed E-state index contributed by atoms with van der Waals surface area (Å²) in [7, 11) is 0. The van der Waals surface area contributed by atoms with Crippen LogP contribution in [0.3, 0.4) is 0 Å². The Morgan fingerprint density at radius 3 is 2.57 bits per heavy atom. The molecule has 5 rings (SSSR count). The third-order valence-electron chi connectivity index (χ3n) is 5.44. The Balaban J connectivity index is 2.01. The minimum atomic E-state index is -0.583. The van der Waals surface area contributed by atoms with Gasteiger partial charge in [0.05, 0.1) is 5.52 Å². The van der Waals surface area contributed by atoms with Gasteiger partial charge in [-0.1, -0.05) is 38.6 Å². The highest BCUT2D eigenvalue weighted by Crippen LogP contribution is 2.37. The summed E-state index contributed by atoms with van der Waals surface area (Å²) in [6.07, 6.45) is 5.00. The first kappa shape index (κ1) is 22.8. The van der Waals surface area contributed by atoms with Gasteiger partial charge in [0.15, 0.2) is 28.0 Å². The molecule has 0 bridgehead atoms. The standard InChI is InChI=1S/C24H22N6O4S/c1-13(31)33-34-14-10-16(24(2,3)4)19-17(11-14)29(18-8-6-7-9-25-18)30-21(19)27-20-15(22(30)32)12-26-23(28-20)35-5/h6-12H,1-5H3. The molecular formula is C24H22N6O4S. The summed E-state index contributed by atoms with van der Waals surface area (Å²) >= 11 is 1.37. The van der Waals surface area contributed by atoms with Gasteiger partial charge in [-0.05, 0) is 35.4 Å². The summed E-state index contributed by atoms with van der Waals surface area (Å²) in [5, 5.41) is 1.55. The van der Waals surface area contributed by atoms with Crippen LogP contribution in [0.25, 0.3) is 33.4 Å². The third-order valence-corrected chi connectivity index (χ3v) is 6.00. The molecule has 0 N–H and O–H groups in total. The first-order valence-electron chi connectivity index (χ1n) is 10.8. The minimum Gasteiger partial charge on any atom is -0.287 e. The van der Waals surface area contributed by atoms with Crippen molar-refractivity contribution in [2.45, 2.75) is 38.3 Å². The fraction of sp³-hybridized carbons (Fsp3) is 0.250. The smallest absolute Gasteiger partial charge is 0.287 e. The molecule has 0 spiro atoms. The second-order valence-electron chi connectivity index (χ2n) is 8.92.